The minimum atomic E-state index is -5.01. The van der Waals surface area contributed by atoms with Crippen LogP contribution in [0.15, 0.2) is 47.4 Å². The molecule has 0 spiro atoms. The summed E-state index contributed by atoms with van der Waals surface area (Å²) < 4.78 is 79.0. The van der Waals surface area contributed by atoms with Gasteiger partial charge in [-0.25, -0.2) is 12.8 Å². The SMILES string of the molecule is CC(C)C(NC(=O)c1cc(OC(F)(F)F)ccc1F)C(=O)N1CCC(C)(NCc2ccc(S(C)(=O)=O)cc2)CC1. The number of halogens is 4. The van der Waals surface area contributed by atoms with Gasteiger partial charge in [0.1, 0.15) is 17.6 Å². The van der Waals surface area contributed by atoms with E-state index in [4.69, 9.17) is 0 Å². The molecule has 13 heteroatoms. The molecule has 0 aromatic heterocycles. The van der Waals surface area contributed by atoms with Crippen molar-refractivity contribution in [2.45, 2.75) is 63.0 Å². The first-order chi connectivity index (χ1) is 18.5. The smallest absolute Gasteiger partial charge is 0.406 e. The van der Waals surface area contributed by atoms with E-state index in [9.17, 15) is 35.6 Å². The van der Waals surface area contributed by atoms with Crippen molar-refractivity contribution < 1.29 is 40.3 Å². The van der Waals surface area contributed by atoms with E-state index < -0.39 is 45.3 Å². The van der Waals surface area contributed by atoms with Crippen LogP contribution in [0.5, 0.6) is 5.75 Å². The van der Waals surface area contributed by atoms with E-state index in [1.807, 2.05) is 6.92 Å². The number of ether oxygens (including phenoxy) is 1. The molecule has 1 heterocycles. The van der Waals surface area contributed by atoms with Crippen LogP contribution in [0.2, 0.25) is 0 Å². The molecule has 1 saturated heterocycles. The molecule has 2 N–H and O–H groups in total. The highest BCUT2D eigenvalue weighted by molar-refractivity contribution is 7.90. The van der Waals surface area contributed by atoms with Crippen molar-refractivity contribution in [1.82, 2.24) is 15.5 Å². The first kappa shape index (κ1) is 31.3. The first-order valence-electron chi connectivity index (χ1n) is 12.7. The number of nitrogens with zero attached hydrogens (tertiary/aromatic N) is 1. The Bertz CT molecular complexity index is 1320. The van der Waals surface area contributed by atoms with Gasteiger partial charge in [0.15, 0.2) is 9.84 Å². The van der Waals surface area contributed by atoms with Gasteiger partial charge >= 0.3 is 6.36 Å². The molecule has 3 rings (SSSR count). The van der Waals surface area contributed by atoms with Crippen LogP contribution in [0.1, 0.15) is 49.5 Å². The quantitative estimate of drug-likeness (QED) is 0.429. The van der Waals surface area contributed by atoms with E-state index in [0.29, 0.717) is 44.6 Å². The highest BCUT2D eigenvalue weighted by atomic mass is 32.2. The van der Waals surface area contributed by atoms with Gasteiger partial charge in [-0.2, -0.15) is 0 Å². The lowest BCUT2D eigenvalue weighted by Gasteiger charge is -2.41. The van der Waals surface area contributed by atoms with E-state index >= 15 is 0 Å². The molecule has 1 unspecified atom stereocenters. The first-order valence-corrected chi connectivity index (χ1v) is 14.6. The predicted octanol–water partition coefficient (Wildman–Crippen LogP) is 4.05. The van der Waals surface area contributed by atoms with E-state index in [-0.39, 0.29) is 22.3 Å². The second-order valence-electron chi connectivity index (χ2n) is 10.5. The highest BCUT2D eigenvalue weighted by Crippen LogP contribution is 2.26. The minimum Gasteiger partial charge on any atom is -0.406 e. The number of benzene rings is 2. The Morgan fingerprint density at radius 2 is 1.68 bits per heavy atom. The Kier molecular flexibility index (Phi) is 9.50. The zero-order valence-corrected chi connectivity index (χ0v) is 23.5. The van der Waals surface area contributed by atoms with E-state index in [1.165, 1.54) is 0 Å². The van der Waals surface area contributed by atoms with Crippen LogP contribution < -0.4 is 15.4 Å². The van der Waals surface area contributed by atoms with Crippen molar-refractivity contribution in [3.8, 4) is 5.75 Å². The Morgan fingerprint density at radius 3 is 2.20 bits per heavy atom. The summed E-state index contributed by atoms with van der Waals surface area (Å²) in [5.41, 5.74) is -0.0582. The standard InChI is InChI=1S/C27H33F4N3O5S/c1-17(2)23(33-24(35)21-15-19(7-10-22(21)28)39-27(29,30)31)25(36)34-13-11-26(3,12-14-34)32-16-18-5-8-20(9-6-18)40(4,37)38/h5-10,15,17,23,32H,11-14,16H2,1-4H3,(H,33,35). The molecule has 1 aliphatic heterocycles. The molecule has 0 saturated carbocycles. The Morgan fingerprint density at radius 1 is 1.07 bits per heavy atom. The van der Waals surface area contributed by atoms with E-state index in [0.717, 1.165) is 17.9 Å². The lowest BCUT2D eigenvalue weighted by Crippen LogP contribution is -2.57. The fourth-order valence-corrected chi connectivity index (χ4v) is 5.00. The molecular weight excluding hydrogens is 554 g/mol. The zero-order chi connectivity index (χ0) is 29.9. The van der Waals surface area contributed by atoms with Crippen LogP contribution in [-0.4, -0.2) is 62.4 Å². The van der Waals surface area contributed by atoms with Gasteiger partial charge in [-0.3, -0.25) is 9.59 Å². The number of carbonyl (C=O) groups excluding carboxylic acids is 2. The number of hydrogen-bond donors (Lipinski definition) is 2. The summed E-state index contributed by atoms with van der Waals surface area (Å²) in [6.07, 6.45) is -2.66. The number of hydrogen-bond acceptors (Lipinski definition) is 6. The number of rotatable bonds is 9. The van der Waals surface area contributed by atoms with Gasteiger partial charge in [0.25, 0.3) is 5.91 Å². The van der Waals surface area contributed by atoms with Gasteiger partial charge in [-0.15, -0.1) is 13.2 Å². The summed E-state index contributed by atoms with van der Waals surface area (Å²) in [6, 6.07) is 7.68. The largest absolute Gasteiger partial charge is 0.573 e. The van der Waals surface area contributed by atoms with Crippen LogP contribution >= 0.6 is 0 Å². The number of alkyl halides is 3. The maximum absolute atomic E-state index is 14.3. The number of sulfone groups is 1. The monoisotopic (exact) mass is 587 g/mol. The molecule has 2 aromatic carbocycles. The molecule has 2 aromatic rings. The van der Waals surface area contributed by atoms with E-state index in [2.05, 4.69) is 15.4 Å². The number of piperidine rings is 1. The third-order valence-corrected chi connectivity index (χ3v) is 8.01. The lowest BCUT2D eigenvalue weighted by molar-refractivity contribution is -0.274. The molecule has 0 bridgehead atoms. The lowest BCUT2D eigenvalue weighted by atomic mass is 9.88. The normalized spacial score (nSPS) is 16.5. The zero-order valence-electron chi connectivity index (χ0n) is 22.6. The Hall–Kier alpha value is -3.19. The van der Waals surface area contributed by atoms with Crippen molar-refractivity contribution in [2.24, 2.45) is 5.92 Å². The van der Waals surface area contributed by atoms with Crippen LogP contribution in [0, 0.1) is 11.7 Å². The van der Waals surface area contributed by atoms with Gasteiger partial charge in [0.2, 0.25) is 5.91 Å². The molecule has 8 nitrogen and oxygen atoms in total. The fraction of sp³-hybridized carbons (Fsp3) is 0.481. The van der Waals surface area contributed by atoms with Gasteiger partial charge in [-0.1, -0.05) is 26.0 Å². The Balaban J connectivity index is 1.61. The highest BCUT2D eigenvalue weighted by Gasteiger charge is 2.36. The molecule has 0 radical (unpaired) electrons. The average molecular weight is 588 g/mol. The van der Waals surface area contributed by atoms with Crippen molar-refractivity contribution in [3.05, 3.63) is 59.4 Å². The van der Waals surface area contributed by atoms with Crippen LogP contribution in [0.3, 0.4) is 0 Å². The molecule has 1 fully saturated rings. The van der Waals surface area contributed by atoms with Crippen molar-refractivity contribution >= 4 is 21.7 Å². The average Bonchev–Trinajstić information content (AvgIpc) is 2.86. The molecule has 1 aliphatic rings. The fourth-order valence-electron chi connectivity index (χ4n) is 4.37. The molecule has 40 heavy (non-hydrogen) atoms. The van der Waals surface area contributed by atoms with Crippen LogP contribution in [-0.2, 0) is 21.2 Å². The molecular formula is C27H33F4N3O5S. The van der Waals surface area contributed by atoms with Gasteiger partial charge < -0.3 is 20.3 Å². The number of likely N-dealkylation sites (tertiary alicyclic amines) is 1. The van der Waals surface area contributed by atoms with Gasteiger partial charge in [-0.05, 0) is 61.6 Å². The summed E-state index contributed by atoms with van der Waals surface area (Å²) in [7, 11) is -3.28. The summed E-state index contributed by atoms with van der Waals surface area (Å²) in [5.74, 6) is -3.57. The number of carbonyl (C=O) groups is 2. The topological polar surface area (TPSA) is 105 Å². The molecule has 2 amide bonds. The number of amides is 2. The second kappa shape index (κ2) is 12.1. The summed E-state index contributed by atoms with van der Waals surface area (Å²) in [5, 5.41) is 5.95. The maximum atomic E-state index is 14.3. The minimum absolute atomic E-state index is 0.242. The third-order valence-electron chi connectivity index (χ3n) is 6.88. The molecule has 220 valence electrons. The second-order valence-corrected chi connectivity index (χ2v) is 12.6. The van der Waals surface area contributed by atoms with Crippen molar-refractivity contribution in [2.75, 3.05) is 19.3 Å². The third kappa shape index (κ3) is 8.40. The molecule has 1 atom stereocenters. The van der Waals surface area contributed by atoms with Crippen molar-refractivity contribution in [1.29, 1.82) is 0 Å². The van der Waals surface area contributed by atoms with Crippen molar-refractivity contribution in [3.63, 3.8) is 0 Å². The number of nitrogens with one attached hydrogen (secondary N) is 2. The molecule has 0 aliphatic carbocycles. The van der Waals surface area contributed by atoms with E-state index in [1.54, 1.807) is 43.0 Å². The van der Waals surface area contributed by atoms with Crippen LogP contribution in [0.4, 0.5) is 17.6 Å². The maximum Gasteiger partial charge on any atom is 0.573 e. The summed E-state index contributed by atoms with van der Waals surface area (Å²) >= 11 is 0. The predicted molar refractivity (Wildman–Crippen MR) is 140 cm³/mol. The Labute approximate surface area is 231 Å². The van der Waals surface area contributed by atoms with Gasteiger partial charge in [0, 0.05) is 31.4 Å². The van der Waals surface area contributed by atoms with Gasteiger partial charge in [0.05, 0.1) is 10.5 Å². The van der Waals surface area contributed by atoms with Crippen LogP contribution in [0.25, 0.3) is 0 Å². The summed E-state index contributed by atoms with van der Waals surface area (Å²) in [6.45, 7) is 6.71. The summed E-state index contributed by atoms with van der Waals surface area (Å²) in [4.78, 5) is 28.0.